The third-order valence-corrected chi connectivity index (χ3v) is 6.14. The summed E-state index contributed by atoms with van der Waals surface area (Å²) >= 11 is 0. The molecule has 2 heterocycles. The molecule has 0 bridgehead atoms. The normalized spacial score (nSPS) is 25.3. The molecule has 1 aromatic carbocycles. The molecule has 3 aliphatic rings. The Labute approximate surface area is 152 Å². The number of carbonyl (C=O) groups is 3. The molecule has 2 aliphatic heterocycles. The lowest BCUT2D eigenvalue weighted by Gasteiger charge is -2.41. The lowest BCUT2D eigenvalue weighted by molar-refractivity contribution is -0.134. The fourth-order valence-corrected chi connectivity index (χ4v) is 4.69. The number of rotatable bonds is 3. The van der Waals surface area contributed by atoms with Crippen LogP contribution < -0.4 is 0 Å². The van der Waals surface area contributed by atoms with Crippen molar-refractivity contribution < 1.29 is 18.8 Å². The van der Waals surface area contributed by atoms with Gasteiger partial charge in [0.25, 0.3) is 11.8 Å². The molecule has 26 heavy (non-hydrogen) atoms. The number of hydrogen-bond donors (Lipinski definition) is 0. The van der Waals surface area contributed by atoms with E-state index >= 15 is 0 Å². The van der Waals surface area contributed by atoms with Crippen molar-refractivity contribution in [2.75, 3.05) is 19.6 Å². The van der Waals surface area contributed by atoms with E-state index in [4.69, 9.17) is 0 Å². The molecule has 2 fully saturated rings. The predicted octanol–water partition coefficient (Wildman–Crippen LogP) is 2.85. The first-order valence-electron chi connectivity index (χ1n) is 9.48. The van der Waals surface area contributed by atoms with Crippen LogP contribution in [0.15, 0.2) is 18.2 Å². The predicted molar refractivity (Wildman–Crippen MR) is 93.0 cm³/mol. The van der Waals surface area contributed by atoms with Gasteiger partial charge in [-0.05, 0) is 36.8 Å². The first-order valence-corrected chi connectivity index (χ1v) is 9.48. The molecule has 0 N–H and O–H groups in total. The Balaban J connectivity index is 1.37. The van der Waals surface area contributed by atoms with E-state index in [1.807, 2.05) is 4.90 Å². The van der Waals surface area contributed by atoms with Gasteiger partial charge in [-0.3, -0.25) is 19.3 Å². The fraction of sp³-hybridized carbons (Fsp3) is 0.550. The maximum absolute atomic E-state index is 13.9. The molecule has 1 aromatic rings. The summed E-state index contributed by atoms with van der Waals surface area (Å²) in [5, 5.41) is 0. The minimum atomic E-state index is -0.686. The summed E-state index contributed by atoms with van der Waals surface area (Å²) in [5.41, 5.74) is -0.0848. The summed E-state index contributed by atoms with van der Waals surface area (Å²) in [6.45, 7) is 1.56. The van der Waals surface area contributed by atoms with Crippen LogP contribution in [0, 0.1) is 17.7 Å². The molecule has 0 radical (unpaired) electrons. The highest BCUT2D eigenvalue weighted by atomic mass is 19.1. The summed E-state index contributed by atoms with van der Waals surface area (Å²) < 4.78 is 13.9. The standard InChI is InChI=1S/C20H23FN2O3/c21-16-7-3-6-15-18(16)20(26)23(19(15)25)11-9-17(24)22-10-8-13-4-1-2-5-14(13)12-22/h3,6-7,13-14H,1-2,4-5,8-12H2. The number of benzene rings is 1. The van der Waals surface area contributed by atoms with Gasteiger partial charge in [-0.25, -0.2) is 4.39 Å². The fourth-order valence-electron chi connectivity index (χ4n) is 4.69. The van der Waals surface area contributed by atoms with Crippen LogP contribution in [-0.4, -0.2) is 47.2 Å². The highest BCUT2D eigenvalue weighted by Crippen LogP contribution is 2.36. The highest BCUT2D eigenvalue weighted by molar-refractivity contribution is 6.21. The van der Waals surface area contributed by atoms with Crippen molar-refractivity contribution in [3.63, 3.8) is 0 Å². The van der Waals surface area contributed by atoms with E-state index in [0.717, 1.165) is 30.3 Å². The summed E-state index contributed by atoms with van der Waals surface area (Å²) in [6.07, 6.45) is 6.15. The van der Waals surface area contributed by atoms with E-state index in [0.29, 0.717) is 5.92 Å². The number of nitrogens with zero attached hydrogens (tertiary/aromatic N) is 2. The van der Waals surface area contributed by atoms with Crippen molar-refractivity contribution >= 4 is 17.7 Å². The van der Waals surface area contributed by atoms with Crippen LogP contribution >= 0.6 is 0 Å². The Bertz CT molecular complexity index is 763. The van der Waals surface area contributed by atoms with Gasteiger partial charge in [0.1, 0.15) is 5.82 Å². The maximum atomic E-state index is 13.9. The molecule has 4 rings (SSSR count). The van der Waals surface area contributed by atoms with Crippen LogP contribution in [0.2, 0.25) is 0 Å². The van der Waals surface area contributed by atoms with Crippen molar-refractivity contribution in [1.29, 1.82) is 0 Å². The van der Waals surface area contributed by atoms with Gasteiger partial charge in [0.15, 0.2) is 0 Å². The van der Waals surface area contributed by atoms with Crippen molar-refractivity contribution in [2.45, 2.75) is 38.5 Å². The average Bonchev–Trinajstić information content (AvgIpc) is 2.91. The number of halogens is 1. The number of amides is 3. The minimum Gasteiger partial charge on any atom is -0.342 e. The van der Waals surface area contributed by atoms with Gasteiger partial charge in [-0.1, -0.05) is 25.3 Å². The third kappa shape index (κ3) is 2.91. The van der Waals surface area contributed by atoms with Crippen molar-refractivity contribution in [3.8, 4) is 0 Å². The molecule has 5 nitrogen and oxygen atoms in total. The van der Waals surface area contributed by atoms with Gasteiger partial charge in [0, 0.05) is 26.1 Å². The number of imide groups is 1. The molecule has 2 unspecified atom stereocenters. The first kappa shape index (κ1) is 17.2. The second-order valence-electron chi connectivity index (χ2n) is 7.61. The largest absolute Gasteiger partial charge is 0.342 e. The molecule has 3 amide bonds. The number of carbonyl (C=O) groups excluding carboxylic acids is 3. The van der Waals surface area contributed by atoms with Gasteiger partial charge >= 0.3 is 0 Å². The van der Waals surface area contributed by atoms with E-state index in [1.165, 1.54) is 43.9 Å². The Morgan fingerprint density at radius 1 is 1.08 bits per heavy atom. The van der Waals surface area contributed by atoms with Crippen LogP contribution in [0.4, 0.5) is 4.39 Å². The van der Waals surface area contributed by atoms with Gasteiger partial charge in [0.2, 0.25) is 5.91 Å². The number of fused-ring (bicyclic) bond motifs is 2. The molecule has 138 valence electrons. The lowest BCUT2D eigenvalue weighted by Crippen LogP contribution is -2.45. The van der Waals surface area contributed by atoms with E-state index in [9.17, 15) is 18.8 Å². The summed E-state index contributed by atoms with van der Waals surface area (Å²) in [7, 11) is 0. The van der Waals surface area contributed by atoms with Crippen LogP contribution in [0.1, 0.15) is 59.2 Å². The van der Waals surface area contributed by atoms with Gasteiger partial charge < -0.3 is 4.90 Å². The molecule has 0 aromatic heterocycles. The zero-order chi connectivity index (χ0) is 18.3. The quantitative estimate of drug-likeness (QED) is 0.781. The van der Waals surface area contributed by atoms with E-state index in [-0.39, 0.29) is 30.0 Å². The molecule has 2 atom stereocenters. The number of hydrogen-bond acceptors (Lipinski definition) is 3. The first-order chi connectivity index (χ1) is 12.6. The molecule has 1 saturated heterocycles. The van der Waals surface area contributed by atoms with Crippen molar-refractivity contribution in [2.24, 2.45) is 11.8 Å². The summed E-state index contributed by atoms with van der Waals surface area (Å²) in [4.78, 5) is 40.2. The smallest absolute Gasteiger partial charge is 0.264 e. The van der Waals surface area contributed by atoms with Crippen LogP contribution in [-0.2, 0) is 4.79 Å². The van der Waals surface area contributed by atoms with Crippen LogP contribution in [0.3, 0.4) is 0 Å². The van der Waals surface area contributed by atoms with Crippen molar-refractivity contribution in [1.82, 2.24) is 9.80 Å². The highest BCUT2D eigenvalue weighted by Gasteiger charge is 2.38. The Hall–Kier alpha value is -2.24. The molecule has 0 spiro atoms. The van der Waals surface area contributed by atoms with Gasteiger partial charge in [0.05, 0.1) is 11.1 Å². The van der Waals surface area contributed by atoms with Gasteiger partial charge in [-0.2, -0.15) is 0 Å². The Morgan fingerprint density at radius 3 is 2.62 bits per heavy atom. The second-order valence-corrected chi connectivity index (χ2v) is 7.61. The van der Waals surface area contributed by atoms with E-state index < -0.39 is 17.6 Å². The minimum absolute atomic E-state index is 0.00914. The van der Waals surface area contributed by atoms with E-state index in [1.54, 1.807) is 0 Å². The zero-order valence-corrected chi connectivity index (χ0v) is 14.7. The zero-order valence-electron chi connectivity index (χ0n) is 14.7. The van der Waals surface area contributed by atoms with Crippen LogP contribution in [0.25, 0.3) is 0 Å². The SMILES string of the molecule is O=C(CCN1C(=O)c2cccc(F)c2C1=O)N1CCC2CCCCC2C1. The maximum Gasteiger partial charge on any atom is 0.264 e. The molecule has 6 heteroatoms. The second kappa shape index (κ2) is 6.82. The van der Waals surface area contributed by atoms with Crippen molar-refractivity contribution in [3.05, 3.63) is 35.1 Å². The van der Waals surface area contributed by atoms with E-state index in [2.05, 4.69) is 0 Å². The third-order valence-electron chi connectivity index (χ3n) is 6.14. The van der Waals surface area contributed by atoms with Gasteiger partial charge in [-0.15, -0.1) is 0 Å². The monoisotopic (exact) mass is 358 g/mol. The Morgan fingerprint density at radius 2 is 1.85 bits per heavy atom. The summed E-state index contributed by atoms with van der Waals surface area (Å²) in [6, 6.07) is 4.05. The Kier molecular flexibility index (Phi) is 4.51. The molecular weight excluding hydrogens is 335 g/mol. The molecule has 1 aliphatic carbocycles. The average molecular weight is 358 g/mol. The number of piperidine rings is 1. The molecular formula is C20H23FN2O3. The van der Waals surface area contributed by atoms with Crippen LogP contribution in [0.5, 0.6) is 0 Å². The molecule has 1 saturated carbocycles. The topological polar surface area (TPSA) is 57.7 Å². The lowest BCUT2D eigenvalue weighted by atomic mass is 9.75. The number of likely N-dealkylation sites (tertiary alicyclic amines) is 1. The summed E-state index contributed by atoms with van der Waals surface area (Å²) in [5.74, 6) is -0.521.